The second-order valence-electron chi connectivity index (χ2n) is 8.75. The molecule has 3 nitrogen and oxygen atoms in total. The molecule has 0 aliphatic carbocycles. The summed E-state index contributed by atoms with van der Waals surface area (Å²) in [4.78, 5) is 10.4. The minimum absolute atomic E-state index is 0.316. The molecule has 0 amide bonds. The fourth-order valence-corrected chi connectivity index (χ4v) is 3.61. The van der Waals surface area contributed by atoms with E-state index >= 15 is 0 Å². The molecule has 0 aromatic carbocycles. The normalized spacial score (nSPS) is 13.4. The van der Waals surface area contributed by atoms with Gasteiger partial charge >= 0.3 is 5.97 Å². The van der Waals surface area contributed by atoms with Gasteiger partial charge in [-0.15, -0.1) is 0 Å². The first-order chi connectivity index (χ1) is 12.3. The van der Waals surface area contributed by atoms with Crippen molar-refractivity contribution in [2.75, 3.05) is 6.23 Å². The van der Waals surface area contributed by atoms with Crippen molar-refractivity contribution in [1.82, 2.24) is 0 Å². The molecule has 0 saturated heterocycles. The minimum atomic E-state index is -1.14. The first-order valence-corrected chi connectivity index (χ1v) is 14.5. The van der Waals surface area contributed by atoms with Crippen LogP contribution < -0.4 is 0 Å². The second kappa shape index (κ2) is 16.6. The van der Waals surface area contributed by atoms with Gasteiger partial charge in [-0.05, 0) is 32.1 Å². The third-order valence-electron chi connectivity index (χ3n) is 4.46. The van der Waals surface area contributed by atoms with Gasteiger partial charge in [0.1, 0.15) is 0 Å². The van der Waals surface area contributed by atoms with Crippen molar-refractivity contribution in [1.29, 1.82) is 0 Å². The van der Waals surface area contributed by atoms with E-state index in [-0.39, 0.29) is 0 Å². The van der Waals surface area contributed by atoms with Crippen molar-refractivity contribution in [2.24, 2.45) is 0 Å². The molecule has 0 radical (unpaired) electrons. The van der Waals surface area contributed by atoms with Gasteiger partial charge in [0.15, 0.2) is 0 Å². The molecule has 0 unspecified atom stereocenters. The zero-order valence-corrected chi connectivity index (χ0v) is 18.9. The van der Waals surface area contributed by atoms with Crippen LogP contribution in [0.3, 0.4) is 0 Å². The van der Waals surface area contributed by atoms with Crippen LogP contribution in [0.5, 0.6) is 0 Å². The molecule has 0 aromatic rings. The largest absolute Gasteiger partial charge is 0.481 e. The van der Waals surface area contributed by atoms with Crippen LogP contribution in [0, 0.1) is 0 Å². The molecule has 0 heterocycles. The van der Waals surface area contributed by atoms with Crippen LogP contribution in [-0.2, 0) is 9.53 Å². The lowest BCUT2D eigenvalue weighted by molar-refractivity contribution is -0.137. The van der Waals surface area contributed by atoms with Gasteiger partial charge < -0.3 is 9.84 Å². The smallest absolute Gasteiger partial charge is 0.303 e. The number of carboxylic acids is 1. The fourth-order valence-electron chi connectivity index (χ4n) is 2.87. The van der Waals surface area contributed by atoms with Crippen LogP contribution in [0.15, 0.2) is 12.2 Å². The number of rotatable bonds is 18. The van der Waals surface area contributed by atoms with Crippen molar-refractivity contribution in [3.05, 3.63) is 12.2 Å². The minimum Gasteiger partial charge on any atom is -0.481 e. The van der Waals surface area contributed by atoms with E-state index in [1.54, 1.807) is 0 Å². The highest BCUT2D eigenvalue weighted by Crippen LogP contribution is 2.15. The molecule has 0 fully saturated rings. The first-order valence-electron chi connectivity index (χ1n) is 10.8. The molecule has 0 rings (SSSR count). The SMILES string of the molecule is CCCCCC[C@H](C/C=C\CCCCCCCC(=O)O)OC[Si](C)(C)C. The summed E-state index contributed by atoms with van der Waals surface area (Å²) in [6.07, 6.45) is 20.4. The second-order valence-corrected chi connectivity index (χ2v) is 14.2. The molecule has 26 heavy (non-hydrogen) atoms. The molecule has 4 heteroatoms. The van der Waals surface area contributed by atoms with Gasteiger partial charge in [-0.2, -0.15) is 0 Å². The summed E-state index contributed by atoms with van der Waals surface area (Å²) in [6.45, 7) is 9.36. The molecule has 0 spiro atoms. The number of hydrogen-bond acceptors (Lipinski definition) is 2. The number of ether oxygens (including phenoxy) is 1. The summed E-state index contributed by atoms with van der Waals surface area (Å²) in [5.41, 5.74) is 0. The summed E-state index contributed by atoms with van der Waals surface area (Å²) in [5.74, 6) is -0.673. The lowest BCUT2D eigenvalue weighted by Crippen LogP contribution is -2.31. The van der Waals surface area contributed by atoms with Crippen LogP contribution in [0.2, 0.25) is 19.6 Å². The standard InChI is InChI=1S/C22H44O3Si/c1-5-6-7-14-17-21(25-20-26(2,3)4)18-15-12-10-8-9-11-13-16-19-22(23)24/h12,15,21H,5-11,13-14,16-20H2,1-4H3,(H,23,24)/b15-12-/t21-/m1/s1. The van der Waals surface area contributed by atoms with Crippen LogP contribution >= 0.6 is 0 Å². The Balaban J connectivity index is 3.86. The molecule has 1 N–H and O–H groups in total. The van der Waals surface area contributed by atoms with E-state index in [4.69, 9.17) is 9.84 Å². The van der Waals surface area contributed by atoms with Gasteiger partial charge in [-0.25, -0.2) is 0 Å². The average Bonchev–Trinajstić information content (AvgIpc) is 2.56. The van der Waals surface area contributed by atoms with Crippen LogP contribution in [-0.4, -0.2) is 31.5 Å². The van der Waals surface area contributed by atoms with Gasteiger partial charge in [0.25, 0.3) is 0 Å². The fraction of sp³-hybridized carbons (Fsp3) is 0.864. The molecule has 0 bridgehead atoms. The predicted octanol–water partition coefficient (Wildman–Crippen LogP) is 6.98. The van der Waals surface area contributed by atoms with Gasteiger partial charge in [0.05, 0.1) is 14.2 Å². The van der Waals surface area contributed by atoms with Crippen LogP contribution in [0.25, 0.3) is 0 Å². The van der Waals surface area contributed by atoms with Gasteiger partial charge in [-0.1, -0.05) is 83.7 Å². The average molecular weight is 385 g/mol. The molecule has 0 saturated carbocycles. The molecule has 0 aliphatic heterocycles. The number of aliphatic carboxylic acids is 1. The molecule has 1 atom stereocenters. The Bertz CT molecular complexity index is 361. The van der Waals surface area contributed by atoms with Gasteiger partial charge in [-0.3, -0.25) is 4.79 Å². The van der Waals surface area contributed by atoms with E-state index in [9.17, 15) is 4.79 Å². The monoisotopic (exact) mass is 384 g/mol. The Morgan fingerprint density at radius 1 is 0.962 bits per heavy atom. The lowest BCUT2D eigenvalue weighted by Gasteiger charge is -2.22. The number of unbranched alkanes of at least 4 members (excludes halogenated alkanes) is 8. The summed E-state index contributed by atoms with van der Waals surface area (Å²) >= 11 is 0. The highest BCUT2D eigenvalue weighted by molar-refractivity contribution is 6.76. The number of hydrogen-bond donors (Lipinski definition) is 1. The Morgan fingerprint density at radius 3 is 2.27 bits per heavy atom. The molecular formula is C22H44O3Si. The zero-order valence-electron chi connectivity index (χ0n) is 17.9. The summed E-state index contributed by atoms with van der Waals surface area (Å²) in [6, 6.07) is 0. The number of carbonyl (C=O) groups is 1. The Labute approximate surface area is 163 Å². The quantitative estimate of drug-likeness (QED) is 0.157. The molecule has 0 aliphatic rings. The first kappa shape index (κ1) is 25.4. The molecule has 154 valence electrons. The van der Waals surface area contributed by atoms with Crippen LogP contribution in [0.1, 0.15) is 90.4 Å². The van der Waals surface area contributed by atoms with E-state index in [0.717, 1.165) is 38.3 Å². The topological polar surface area (TPSA) is 46.5 Å². The third-order valence-corrected chi connectivity index (χ3v) is 5.49. The van der Waals surface area contributed by atoms with E-state index < -0.39 is 14.0 Å². The Kier molecular flexibility index (Phi) is 16.2. The van der Waals surface area contributed by atoms with Gasteiger partial charge in [0, 0.05) is 12.7 Å². The summed E-state index contributed by atoms with van der Waals surface area (Å²) in [5, 5.41) is 8.60. The summed E-state index contributed by atoms with van der Waals surface area (Å²) < 4.78 is 6.24. The van der Waals surface area contributed by atoms with Crippen molar-refractivity contribution in [2.45, 2.75) is 116 Å². The highest BCUT2D eigenvalue weighted by atomic mass is 28.3. The van der Waals surface area contributed by atoms with E-state index in [2.05, 4.69) is 38.7 Å². The van der Waals surface area contributed by atoms with Crippen molar-refractivity contribution in [3.8, 4) is 0 Å². The third kappa shape index (κ3) is 19.7. The maximum atomic E-state index is 10.4. The van der Waals surface area contributed by atoms with Crippen LogP contribution in [0.4, 0.5) is 0 Å². The lowest BCUT2D eigenvalue weighted by atomic mass is 10.1. The Hall–Kier alpha value is -0.613. The van der Waals surface area contributed by atoms with Crippen molar-refractivity contribution < 1.29 is 14.6 Å². The van der Waals surface area contributed by atoms with Crippen molar-refractivity contribution >= 4 is 14.0 Å². The van der Waals surface area contributed by atoms with E-state index in [0.29, 0.717) is 12.5 Å². The summed E-state index contributed by atoms with van der Waals surface area (Å²) in [7, 11) is -1.14. The molecule has 0 aromatic heterocycles. The van der Waals surface area contributed by atoms with Gasteiger partial charge in [0.2, 0.25) is 0 Å². The molecular weight excluding hydrogens is 340 g/mol. The predicted molar refractivity (Wildman–Crippen MR) is 116 cm³/mol. The zero-order chi connectivity index (χ0) is 19.7. The maximum Gasteiger partial charge on any atom is 0.303 e. The maximum absolute atomic E-state index is 10.4. The number of allylic oxidation sites excluding steroid dienone is 1. The highest BCUT2D eigenvalue weighted by Gasteiger charge is 2.16. The van der Waals surface area contributed by atoms with E-state index in [1.807, 2.05) is 0 Å². The Morgan fingerprint density at radius 2 is 1.62 bits per heavy atom. The van der Waals surface area contributed by atoms with Crippen molar-refractivity contribution in [3.63, 3.8) is 0 Å². The van der Waals surface area contributed by atoms with E-state index in [1.165, 1.54) is 44.9 Å². The number of carboxylic acid groups (broad SMARTS) is 1.